The van der Waals surface area contributed by atoms with Crippen molar-refractivity contribution >= 4 is 28.8 Å². The molecule has 0 spiro atoms. The summed E-state index contributed by atoms with van der Waals surface area (Å²) in [6.07, 6.45) is 1.58. The molecule has 0 bridgehead atoms. The number of para-hydroxylation sites is 2. The molecule has 0 saturated heterocycles. The molecule has 4 nitrogen and oxygen atoms in total. The van der Waals surface area contributed by atoms with Crippen molar-refractivity contribution in [2.75, 3.05) is 0 Å². The van der Waals surface area contributed by atoms with Crippen LogP contribution in [0.5, 0.6) is 0 Å². The number of aromatic nitrogens is 1. The fourth-order valence-electron chi connectivity index (χ4n) is 3.01. The van der Waals surface area contributed by atoms with Crippen LogP contribution in [0, 0.1) is 0 Å². The molecule has 0 radical (unpaired) electrons. The van der Waals surface area contributed by atoms with Crippen LogP contribution in [0.1, 0.15) is 16.1 Å². The molecule has 0 fully saturated rings. The molecule has 4 heteroatoms. The van der Waals surface area contributed by atoms with E-state index >= 15 is 0 Å². The number of carboxylic acids is 1. The van der Waals surface area contributed by atoms with E-state index in [1.165, 1.54) is 6.07 Å². The van der Waals surface area contributed by atoms with Gasteiger partial charge in [0, 0.05) is 10.9 Å². The molecule has 0 N–H and O–H groups in total. The summed E-state index contributed by atoms with van der Waals surface area (Å²) in [7, 11) is 0. The van der Waals surface area contributed by atoms with E-state index in [-0.39, 0.29) is 5.56 Å². The van der Waals surface area contributed by atoms with Crippen molar-refractivity contribution in [2.24, 2.45) is 4.99 Å². The van der Waals surface area contributed by atoms with Gasteiger partial charge in [-0.1, -0.05) is 66.7 Å². The van der Waals surface area contributed by atoms with Gasteiger partial charge >= 0.3 is 0 Å². The lowest BCUT2D eigenvalue weighted by Crippen LogP contribution is -2.22. The number of aliphatic imine (C=N–C) groups is 1. The standard InChI is InChI=1S/C23H16N2O2/c26-23(27)19-11-5-6-12-21(19)24-15-17-14-20(16-8-2-1-3-9-16)18-10-4-7-13-22(18)25-17/h1-15H,(H,26,27)/p-1. The predicted molar refractivity (Wildman–Crippen MR) is 105 cm³/mol. The van der Waals surface area contributed by atoms with Crippen LogP contribution in [0.15, 0.2) is 89.9 Å². The number of carbonyl (C=O) groups is 1. The highest BCUT2D eigenvalue weighted by Gasteiger charge is 2.07. The maximum atomic E-state index is 11.2. The normalized spacial score (nSPS) is 11.1. The lowest BCUT2D eigenvalue weighted by atomic mass is 10.0. The summed E-state index contributed by atoms with van der Waals surface area (Å²) < 4.78 is 0. The van der Waals surface area contributed by atoms with Gasteiger partial charge in [0.15, 0.2) is 0 Å². The number of hydrogen-bond donors (Lipinski definition) is 0. The van der Waals surface area contributed by atoms with Gasteiger partial charge in [-0.05, 0) is 29.3 Å². The van der Waals surface area contributed by atoms with Crippen molar-refractivity contribution in [2.45, 2.75) is 0 Å². The molecule has 27 heavy (non-hydrogen) atoms. The van der Waals surface area contributed by atoms with Crippen molar-refractivity contribution in [3.63, 3.8) is 0 Å². The Hall–Kier alpha value is -3.79. The smallest absolute Gasteiger partial charge is 0.0826 e. The van der Waals surface area contributed by atoms with E-state index in [9.17, 15) is 9.90 Å². The molecule has 0 unspecified atom stereocenters. The molecule has 0 aliphatic heterocycles. The van der Waals surface area contributed by atoms with Gasteiger partial charge < -0.3 is 9.90 Å². The number of fused-ring (bicyclic) bond motifs is 1. The molecule has 1 heterocycles. The van der Waals surface area contributed by atoms with Crippen LogP contribution in [0.3, 0.4) is 0 Å². The number of benzene rings is 3. The number of carboxylic acid groups (broad SMARTS) is 1. The molecule has 0 aliphatic carbocycles. The third-order valence-electron chi connectivity index (χ3n) is 4.28. The van der Waals surface area contributed by atoms with E-state index in [0.717, 1.165) is 22.0 Å². The lowest BCUT2D eigenvalue weighted by Gasteiger charge is -2.09. The second-order valence-electron chi connectivity index (χ2n) is 6.04. The largest absolute Gasteiger partial charge is 0.545 e. The predicted octanol–water partition coefficient (Wildman–Crippen LogP) is 4.02. The molecule has 4 aromatic rings. The molecule has 0 amide bonds. The zero-order valence-corrected chi connectivity index (χ0v) is 14.4. The van der Waals surface area contributed by atoms with Crippen LogP contribution in [0.4, 0.5) is 5.69 Å². The van der Waals surface area contributed by atoms with Gasteiger partial charge in [0.2, 0.25) is 0 Å². The van der Waals surface area contributed by atoms with Crippen LogP contribution in [-0.2, 0) is 0 Å². The van der Waals surface area contributed by atoms with E-state index in [1.807, 2.05) is 60.7 Å². The van der Waals surface area contributed by atoms with Gasteiger partial charge in [0.1, 0.15) is 0 Å². The minimum atomic E-state index is -1.25. The second kappa shape index (κ2) is 7.22. The average Bonchev–Trinajstić information content (AvgIpc) is 2.72. The average molecular weight is 351 g/mol. The summed E-state index contributed by atoms with van der Waals surface area (Å²) in [6, 6.07) is 26.4. The third-order valence-corrected chi connectivity index (χ3v) is 4.28. The summed E-state index contributed by atoms with van der Waals surface area (Å²) in [4.78, 5) is 20.2. The lowest BCUT2D eigenvalue weighted by molar-refractivity contribution is -0.254. The summed E-state index contributed by atoms with van der Waals surface area (Å²) >= 11 is 0. The highest BCUT2D eigenvalue weighted by molar-refractivity contribution is 5.98. The number of aromatic carboxylic acids is 1. The zero-order valence-electron chi connectivity index (χ0n) is 14.4. The Morgan fingerprint density at radius 2 is 1.59 bits per heavy atom. The van der Waals surface area contributed by atoms with Gasteiger partial charge in [-0.25, -0.2) is 4.98 Å². The maximum absolute atomic E-state index is 11.2. The first kappa shape index (κ1) is 16.7. The Labute approximate surface area is 156 Å². The molecule has 4 rings (SSSR count). The third kappa shape index (κ3) is 3.46. The molecule has 3 aromatic carbocycles. The second-order valence-corrected chi connectivity index (χ2v) is 6.04. The molecule has 1 aromatic heterocycles. The van der Waals surface area contributed by atoms with Crippen molar-refractivity contribution in [1.29, 1.82) is 0 Å². The van der Waals surface area contributed by atoms with Gasteiger partial charge in [-0.15, -0.1) is 0 Å². The Morgan fingerprint density at radius 1 is 0.889 bits per heavy atom. The molecule has 0 aliphatic rings. The number of pyridine rings is 1. The zero-order chi connectivity index (χ0) is 18.6. The van der Waals surface area contributed by atoms with Gasteiger partial charge in [-0.2, -0.15) is 0 Å². The Kier molecular flexibility index (Phi) is 4.45. The Bertz CT molecular complexity index is 1150. The van der Waals surface area contributed by atoms with Gasteiger partial charge in [0.25, 0.3) is 0 Å². The Balaban J connectivity index is 1.83. The van der Waals surface area contributed by atoms with E-state index in [2.05, 4.69) is 9.98 Å². The van der Waals surface area contributed by atoms with Crippen molar-refractivity contribution in [1.82, 2.24) is 4.98 Å². The molecule has 130 valence electrons. The minimum Gasteiger partial charge on any atom is -0.545 e. The molecule has 0 atom stereocenters. The minimum absolute atomic E-state index is 0.0535. The quantitative estimate of drug-likeness (QED) is 0.522. The monoisotopic (exact) mass is 351 g/mol. The first-order valence-electron chi connectivity index (χ1n) is 8.52. The van der Waals surface area contributed by atoms with E-state index in [0.29, 0.717) is 11.4 Å². The first-order valence-corrected chi connectivity index (χ1v) is 8.52. The van der Waals surface area contributed by atoms with Crippen molar-refractivity contribution < 1.29 is 9.90 Å². The van der Waals surface area contributed by atoms with Crippen LogP contribution < -0.4 is 5.11 Å². The van der Waals surface area contributed by atoms with E-state index < -0.39 is 5.97 Å². The van der Waals surface area contributed by atoms with Crippen LogP contribution in [0.2, 0.25) is 0 Å². The SMILES string of the molecule is O=C([O-])c1ccccc1N=Cc1cc(-c2ccccc2)c2ccccc2n1. The maximum Gasteiger partial charge on any atom is 0.0826 e. The summed E-state index contributed by atoms with van der Waals surface area (Å²) in [6.45, 7) is 0. The fourth-order valence-corrected chi connectivity index (χ4v) is 3.01. The van der Waals surface area contributed by atoms with Crippen LogP contribution in [-0.4, -0.2) is 17.2 Å². The molecular weight excluding hydrogens is 336 g/mol. The topological polar surface area (TPSA) is 65.4 Å². The number of hydrogen-bond acceptors (Lipinski definition) is 4. The highest BCUT2D eigenvalue weighted by atomic mass is 16.4. The number of rotatable bonds is 4. The van der Waals surface area contributed by atoms with Crippen LogP contribution in [0.25, 0.3) is 22.0 Å². The summed E-state index contributed by atoms with van der Waals surface area (Å²) in [5.74, 6) is -1.25. The van der Waals surface area contributed by atoms with Crippen LogP contribution >= 0.6 is 0 Å². The van der Waals surface area contributed by atoms with E-state index in [4.69, 9.17) is 0 Å². The van der Waals surface area contributed by atoms with Crippen molar-refractivity contribution in [3.05, 3.63) is 96.2 Å². The Morgan fingerprint density at radius 3 is 2.41 bits per heavy atom. The first-order chi connectivity index (χ1) is 13.2. The summed E-state index contributed by atoms with van der Waals surface area (Å²) in [5.41, 5.74) is 4.04. The summed E-state index contributed by atoms with van der Waals surface area (Å²) in [5, 5.41) is 12.3. The van der Waals surface area contributed by atoms with E-state index in [1.54, 1.807) is 24.4 Å². The highest BCUT2D eigenvalue weighted by Crippen LogP contribution is 2.28. The molecule has 0 saturated carbocycles. The van der Waals surface area contributed by atoms with Crippen molar-refractivity contribution in [3.8, 4) is 11.1 Å². The fraction of sp³-hybridized carbons (Fsp3) is 0. The van der Waals surface area contributed by atoms with Gasteiger partial charge in [0.05, 0.1) is 29.1 Å². The number of carbonyl (C=O) groups excluding carboxylic acids is 1. The number of nitrogens with zero attached hydrogens (tertiary/aromatic N) is 2. The van der Waals surface area contributed by atoms with Gasteiger partial charge in [-0.3, -0.25) is 4.99 Å². The molecular formula is C23H15N2O2-.